The highest BCUT2D eigenvalue weighted by molar-refractivity contribution is 6.32. The quantitative estimate of drug-likeness (QED) is 0.786. The number of nitrogens with zero attached hydrogens (tertiary/aromatic N) is 2. The average Bonchev–Trinajstić information content (AvgIpc) is 2.81. The number of ether oxygens (including phenoxy) is 1. The number of aromatic nitrogens is 2. The third-order valence-corrected chi connectivity index (χ3v) is 3.47. The molecule has 120 valence electrons. The molecule has 22 heavy (non-hydrogen) atoms. The van der Waals surface area contributed by atoms with Crippen LogP contribution in [0.5, 0.6) is 5.88 Å². The van der Waals surface area contributed by atoms with E-state index in [0.717, 1.165) is 17.8 Å². The van der Waals surface area contributed by atoms with Gasteiger partial charge in [-0.05, 0) is 18.2 Å². The molecule has 0 saturated heterocycles. The van der Waals surface area contributed by atoms with E-state index in [2.05, 4.69) is 5.10 Å². The zero-order valence-corrected chi connectivity index (χ0v) is 13.4. The summed E-state index contributed by atoms with van der Waals surface area (Å²) in [5.74, 6) is 0.376. The molecular formula is C15H16ClF3N2O. The third kappa shape index (κ3) is 3.21. The first-order chi connectivity index (χ1) is 10.0. The van der Waals surface area contributed by atoms with Crippen molar-refractivity contribution in [2.75, 3.05) is 7.11 Å². The van der Waals surface area contributed by atoms with Crippen molar-refractivity contribution < 1.29 is 17.9 Å². The lowest BCUT2D eigenvalue weighted by Crippen LogP contribution is -2.17. The molecule has 0 atom stereocenters. The molecule has 0 saturated carbocycles. The standard InChI is InChI=1S/C15H16ClF3N2O/c1-14(2,3)12-8-13(22-4)20-21(12)11-6-5-9(7-10(11)16)15(17,18)19/h5-8H,1-4H3. The highest BCUT2D eigenvalue weighted by Crippen LogP contribution is 2.35. The minimum Gasteiger partial charge on any atom is -0.480 e. The zero-order chi connectivity index (χ0) is 16.7. The smallest absolute Gasteiger partial charge is 0.416 e. The Bertz CT molecular complexity index is 687. The van der Waals surface area contributed by atoms with Gasteiger partial charge in [0.15, 0.2) is 0 Å². The van der Waals surface area contributed by atoms with E-state index in [-0.39, 0.29) is 10.4 Å². The second-order valence-electron chi connectivity index (χ2n) is 5.90. The van der Waals surface area contributed by atoms with Gasteiger partial charge in [0.05, 0.1) is 29.1 Å². The van der Waals surface area contributed by atoms with Crippen LogP contribution in [0.4, 0.5) is 13.2 Å². The number of rotatable bonds is 2. The summed E-state index contributed by atoms with van der Waals surface area (Å²) >= 11 is 6.04. The van der Waals surface area contributed by atoms with Crippen LogP contribution in [0.3, 0.4) is 0 Å². The molecule has 0 radical (unpaired) electrons. The van der Waals surface area contributed by atoms with Gasteiger partial charge in [-0.25, -0.2) is 4.68 Å². The van der Waals surface area contributed by atoms with Crippen LogP contribution < -0.4 is 4.74 Å². The minimum absolute atomic E-state index is 0.0221. The highest BCUT2D eigenvalue weighted by atomic mass is 35.5. The fraction of sp³-hybridized carbons (Fsp3) is 0.400. The maximum atomic E-state index is 12.7. The molecule has 7 heteroatoms. The summed E-state index contributed by atoms with van der Waals surface area (Å²) in [6, 6.07) is 4.94. The second-order valence-corrected chi connectivity index (χ2v) is 6.30. The molecule has 0 spiro atoms. The molecule has 0 N–H and O–H groups in total. The average molecular weight is 333 g/mol. The van der Waals surface area contributed by atoms with Gasteiger partial charge >= 0.3 is 6.18 Å². The Morgan fingerprint density at radius 3 is 2.23 bits per heavy atom. The normalized spacial score (nSPS) is 12.5. The van der Waals surface area contributed by atoms with Crippen molar-refractivity contribution >= 4 is 11.6 Å². The molecule has 2 aromatic rings. The zero-order valence-electron chi connectivity index (χ0n) is 12.6. The molecule has 0 unspecified atom stereocenters. The van der Waals surface area contributed by atoms with Gasteiger partial charge in [0.25, 0.3) is 0 Å². The summed E-state index contributed by atoms with van der Waals surface area (Å²) < 4.78 is 44.8. The maximum absolute atomic E-state index is 12.7. The highest BCUT2D eigenvalue weighted by Gasteiger charge is 2.31. The number of hydrogen-bond donors (Lipinski definition) is 0. The SMILES string of the molecule is COc1cc(C(C)(C)C)n(-c2ccc(C(F)(F)F)cc2Cl)n1. The topological polar surface area (TPSA) is 27.1 Å². The van der Waals surface area contributed by atoms with Gasteiger partial charge in [-0.3, -0.25) is 0 Å². The van der Waals surface area contributed by atoms with Crippen molar-refractivity contribution in [3.05, 3.63) is 40.5 Å². The van der Waals surface area contributed by atoms with E-state index < -0.39 is 11.7 Å². The molecule has 0 aliphatic heterocycles. The van der Waals surface area contributed by atoms with E-state index in [1.807, 2.05) is 20.8 Å². The van der Waals surface area contributed by atoms with Gasteiger partial charge in [0, 0.05) is 11.5 Å². The van der Waals surface area contributed by atoms with Gasteiger partial charge in [-0.2, -0.15) is 13.2 Å². The number of hydrogen-bond acceptors (Lipinski definition) is 2. The summed E-state index contributed by atoms with van der Waals surface area (Å²) in [6.45, 7) is 5.91. The van der Waals surface area contributed by atoms with Crippen LogP contribution in [-0.2, 0) is 11.6 Å². The number of alkyl halides is 3. The van der Waals surface area contributed by atoms with Crippen molar-refractivity contribution in [1.82, 2.24) is 9.78 Å². The van der Waals surface area contributed by atoms with Gasteiger partial charge < -0.3 is 4.74 Å². The maximum Gasteiger partial charge on any atom is 0.416 e. The summed E-state index contributed by atoms with van der Waals surface area (Å²) in [5, 5.41) is 4.22. The Kier molecular flexibility index (Phi) is 4.17. The van der Waals surface area contributed by atoms with Crippen LogP contribution in [0.25, 0.3) is 5.69 Å². The van der Waals surface area contributed by atoms with Gasteiger partial charge in [0.1, 0.15) is 0 Å². The number of benzene rings is 1. The van der Waals surface area contributed by atoms with Crippen molar-refractivity contribution in [2.24, 2.45) is 0 Å². The van der Waals surface area contributed by atoms with Crippen molar-refractivity contribution in [3.8, 4) is 11.6 Å². The predicted molar refractivity (Wildman–Crippen MR) is 78.8 cm³/mol. The van der Waals surface area contributed by atoms with Crippen LogP contribution in [0.2, 0.25) is 5.02 Å². The van der Waals surface area contributed by atoms with Crippen LogP contribution in [0.15, 0.2) is 24.3 Å². The lowest BCUT2D eigenvalue weighted by Gasteiger charge is -2.20. The first-order valence-electron chi connectivity index (χ1n) is 6.55. The predicted octanol–water partition coefficient (Wildman–Crippen LogP) is 4.85. The number of methoxy groups -OCH3 is 1. The Balaban J connectivity index is 2.60. The lowest BCUT2D eigenvalue weighted by molar-refractivity contribution is -0.137. The summed E-state index contributed by atoms with van der Waals surface area (Å²) in [4.78, 5) is 0. The molecule has 1 aromatic carbocycles. The van der Waals surface area contributed by atoms with Crippen LogP contribution in [0, 0.1) is 0 Å². The van der Waals surface area contributed by atoms with Crippen LogP contribution in [0.1, 0.15) is 32.0 Å². The van der Waals surface area contributed by atoms with Crippen LogP contribution in [-0.4, -0.2) is 16.9 Å². The molecule has 1 aromatic heterocycles. The van der Waals surface area contributed by atoms with E-state index in [4.69, 9.17) is 16.3 Å². The monoisotopic (exact) mass is 332 g/mol. The Morgan fingerprint density at radius 1 is 1.14 bits per heavy atom. The summed E-state index contributed by atoms with van der Waals surface area (Å²) in [5.41, 5.74) is 0.0853. The second kappa shape index (κ2) is 5.50. The van der Waals surface area contributed by atoms with Crippen molar-refractivity contribution in [1.29, 1.82) is 0 Å². The largest absolute Gasteiger partial charge is 0.480 e. The molecule has 0 aliphatic carbocycles. The van der Waals surface area contributed by atoms with Crippen LogP contribution >= 0.6 is 11.6 Å². The Hall–Kier alpha value is -1.69. The van der Waals surface area contributed by atoms with Gasteiger partial charge in [0.2, 0.25) is 5.88 Å². The Morgan fingerprint density at radius 2 is 1.77 bits per heavy atom. The fourth-order valence-electron chi connectivity index (χ4n) is 2.03. The molecule has 0 bridgehead atoms. The fourth-order valence-corrected chi connectivity index (χ4v) is 2.29. The minimum atomic E-state index is -4.43. The molecule has 0 fully saturated rings. The molecule has 3 nitrogen and oxygen atoms in total. The Labute approximate surface area is 131 Å². The lowest BCUT2D eigenvalue weighted by atomic mass is 9.92. The number of halogens is 4. The van der Waals surface area contributed by atoms with Gasteiger partial charge in [-0.1, -0.05) is 32.4 Å². The molecule has 1 heterocycles. The summed E-state index contributed by atoms with van der Waals surface area (Å²) in [7, 11) is 1.48. The molecule has 2 rings (SSSR count). The van der Waals surface area contributed by atoms with E-state index >= 15 is 0 Å². The van der Waals surface area contributed by atoms with E-state index in [9.17, 15) is 13.2 Å². The third-order valence-electron chi connectivity index (χ3n) is 3.17. The van der Waals surface area contributed by atoms with E-state index in [1.165, 1.54) is 17.9 Å². The first-order valence-corrected chi connectivity index (χ1v) is 6.93. The van der Waals surface area contributed by atoms with Crippen molar-refractivity contribution in [3.63, 3.8) is 0 Å². The molecular weight excluding hydrogens is 317 g/mol. The van der Waals surface area contributed by atoms with E-state index in [1.54, 1.807) is 6.07 Å². The summed E-state index contributed by atoms with van der Waals surface area (Å²) in [6.07, 6.45) is -4.43. The molecule has 0 amide bonds. The van der Waals surface area contributed by atoms with Gasteiger partial charge in [-0.15, -0.1) is 5.10 Å². The molecule has 0 aliphatic rings. The van der Waals surface area contributed by atoms with Crippen molar-refractivity contribution in [2.45, 2.75) is 32.4 Å². The first kappa shape index (κ1) is 16.7. The van der Waals surface area contributed by atoms with E-state index in [0.29, 0.717) is 11.6 Å².